The third-order valence-electron chi connectivity index (χ3n) is 4.74. The summed E-state index contributed by atoms with van der Waals surface area (Å²) in [5.41, 5.74) is 2.50. The highest BCUT2D eigenvalue weighted by molar-refractivity contribution is 6.77. The summed E-state index contributed by atoms with van der Waals surface area (Å²) in [6.45, 7) is 13.6. The van der Waals surface area contributed by atoms with Gasteiger partial charge in [-0.1, -0.05) is 41.5 Å². The average molecular weight is 339 g/mol. The van der Waals surface area contributed by atoms with Gasteiger partial charge in [0.05, 0.1) is 19.3 Å². The number of phenols is 1. The molecule has 0 fully saturated rings. The quantitative estimate of drug-likeness (QED) is 0.541. The minimum absolute atomic E-state index is 0.0805. The van der Waals surface area contributed by atoms with Gasteiger partial charge in [0.2, 0.25) is 8.32 Å². The molecule has 0 unspecified atom stereocenters. The molecule has 0 bridgehead atoms. The Bertz CT molecular complexity index is 516. The molecule has 0 amide bonds. The molecule has 0 aliphatic heterocycles. The van der Waals surface area contributed by atoms with Gasteiger partial charge in [-0.3, -0.25) is 4.79 Å². The van der Waals surface area contributed by atoms with E-state index < -0.39 is 8.32 Å². The molecule has 0 heterocycles. The molecular formula is C18H30O4Si. The van der Waals surface area contributed by atoms with Crippen molar-refractivity contribution in [3.63, 3.8) is 0 Å². The van der Waals surface area contributed by atoms with Crippen LogP contribution in [0.15, 0.2) is 12.1 Å². The van der Waals surface area contributed by atoms with Gasteiger partial charge in [0.15, 0.2) is 6.29 Å². The van der Waals surface area contributed by atoms with Crippen LogP contribution in [0, 0.1) is 0 Å². The molecule has 4 nitrogen and oxygen atoms in total. The normalized spacial score (nSPS) is 12.3. The highest BCUT2D eigenvalue weighted by atomic mass is 28.4. The molecule has 0 aliphatic carbocycles. The lowest BCUT2D eigenvalue weighted by molar-refractivity contribution is 0.111. The van der Waals surface area contributed by atoms with Gasteiger partial charge in [-0.15, -0.1) is 0 Å². The third-order valence-corrected chi connectivity index (χ3v) is 10.8. The first-order valence-electron chi connectivity index (χ1n) is 8.19. The molecule has 1 aromatic rings. The maximum absolute atomic E-state index is 11.4. The van der Waals surface area contributed by atoms with Crippen molar-refractivity contribution < 1.29 is 19.1 Å². The summed E-state index contributed by atoms with van der Waals surface area (Å²) in [5, 5.41) is 9.86. The molecule has 130 valence electrons. The Labute approximate surface area is 140 Å². The molecule has 0 aliphatic rings. The maximum Gasteiger partial charge on any atom is 0.200 e. The summed E-state index contributed by atoms with van der Waals surface area (Å²) >= 11 is 0. The van der Waals surface area contributed by atoms with Crippen molar-refractivity contribution >= 4 is 14.6 Å². The van der Waals surface area contributed by atoms with E-state index in [1.165, 1.54) is 13.2 Å². The zero-order valence-corrected chi connectivity index (χ0v) is 16.3. The second-order valence-electron chi connectivity index (χ2n) is 6.95. The molecule has 23 heavy (non-hydrogen) atoms. The Hall–Kier alpha value is -1.33. The van der Waals surface area contributed by atoms with Gasteiger partial charge < -0.3 is 14.3 Å². The van der Waals surface area contributed by atoms with E-state index in [1.54, 1.807) is 6.07 Å². The van der Waals surface area contributed by atoms with Crippen molar-refractivity contribution in [3.8, 4) is 11.5 Å². The highest BCUT2D eigenvalue weighted by Gasteiger charge is 2.45. The van der Waals surface area contributed by atoms with Crippen LogP contribution in [0.5, 0.6) is 11.5 Å². The molecule has 0 radical (unpaired) electrons. The van der Waals surface area contributed by atoms with E-state index in [0.29, 0.717) is 40.1 Å². The van der Waals surface area contributed by atoms with Gasteiger partial charge in [-0.2, -0.15) is 0 Å². The van der Waals surface area contributed by atoms with Crippen molar-refractivity contribution in [1.29, 1.82) is 0 Å². The predicted octanol–water partition coefficient (Wildman–Crippen LogP) is 4.91. The number of hydrogen-bond acceptors (Lipinski definition) is 4. The van der Waals surface area contributed by atoms with Crippen LogP contribution in [0.2, 0.25) is 16.6 Å². The van der Waals surface area contributed by atoms with Crippen LogP contribution in [0.25, 0.3) is 0 Å². The van der Waals surface area contributed by atoms with E-state index in [0.717, 1.165) is 6.29 Å². The number of ether oxygens (including phenoxy) is 1. The van der Waals surface area contributed by atoms with Gasteiger partial charge in [0.25, 0.3) is 0 Å². The SMILES string of the molecule is COc1cc(O)cc(CO[Si](C(C)C)(C(C)C)C(C)C)c1C=O. The van der Waals surface area contributed by atoms with Crippen LogP contribution in [0.1, 0.15) is 57.5 Å². The predicted molar refractivity (Wildman–Crippen MR) is 95.9 cm³/mol. The Morgan fingerprint density at radius 2 is 1.61 bits per heavy atom. The van der Waals surface area contributed by atoms with Gasteiger partial charge >= 0.3 is 0 Å². The van der Waals surface area contributed by atoms with Gasteiger partial charge in [0.1, 0.15) is 11.5 Å². The van der Waals surface area contributed by atoms with Crippen LogP contribution in [0.3, 0.4) is 0 Å². The summed E-state index contributed by atoms with van der Waals surface area (Å²) in [4.78, 5) is 11.4. The lowest BCUT2D eigenvalue weighted by Crippen LogP contribution is -2.47. The number of methoxy groups -OCH3 is 1. The molecule has 0 saturated heterocycles. The van der Waals surface area contributed by atoms with Crippen molar-refractivity contribution in [1.82, 2.24) is 0 Å². The molecule has 5 heteroatoms. The van der Waals surface area contributed by atoms with Crippen LogP contribution >= 0.6 is 0 Å². The first-order chi connectivity index (χ1) is 10.7. The number of hydrogen-bond donors (Lipinski definition) is 1. The molecule has 1 rings (SSSR count). The minimum atomic E-state index is -2.03. The van der Waals surface area contributed by atoms with Gasteiger partial charge in [-0.05, 0) is 28.3 Å². The van der Waals surface area contributed by atoms with Crippen molar-refractivity contribution in [2.75, 3.05) is 7.11 Å². The van der Waals surface area contributed by atoms with Crippen LogP contribution in [-0.4, -0.2) is 26.8 Å². The monoisotopic (exact) mass is 338 g/mol. The molecule has 0 aromatic heterocycles. The zero-order chi connectivity index (χ0) is 17.8. The summed E-state index contributed by atoms with van der Waals surface area (Å²) < 4.78 is 11.7. The standard InChI is InChI=1S/C18H30O4Si/c1-12(2)23(13(3)4,14(5)6)22-11-15-8-16(20)9-18(21-7)17(15)10-19/h8-10,12-14,20H,11H2,1-7H3. The van der Waals surface area contributed by atoms with Gasteiger partial charge in [0, 0.05) is 6.07 Å². The largest absolute Gasteiger partial charge is 0.508 e. The fourth-order valence-electron chi connectivity index (χ4n) is 3.79. The number of carbonyl (C=O) groups is 1. The smallest absolute Gasteiger partial charge is 0.200 e. The van der Waals surface area contributed by atoms with Crippen molar-refractivity contribution in [3.05, 3.63) is 23.3 Å². The molecule has 0 atom stereocenters. The number of phenolic OH excluding ortho intramolecular Hbond substituents is 1. The lowest BCUT2D eigenvalue weighted by atomic mass is 10.1. The number of rotatable bonds is 8. The second kappa shape index (κ2) is 7.97. The van der Waals surface area contributed by atoms with E-state index in [-0.39, 0.29) is 5.75 Å². The van der Waals surface area contributed by atoms with Crippen molar-refractivity contribution in [2.45, 2.75) is 64.8 Å². The Kier molecular flexibility index (Phi) is 6.83. The van der Waals surface area contributed by atoms with E-state index in [9.17, 15) is 9.90 Å². The van der Waals surface area contributed by atoms with Crippen molar-refractivity contribution in [2.24, 2.45) is 0 Å². The summed E-state index contributed by atoms with van der Waals surface area (Å²) in [6.07, 6.45) is 0.764. The first-order valence-corrected chi connectivity index (χ1v) is 10.3. The Morgan fingerprint density at radius 3 is 2.00 bits per heavy atom. The number of aromatic hydroxyl groups is 1. The Balaban J connectivity index is 3.21. The van der Waals surface area contributed by atoms with E-state index in [1.807, 2.05) is 0 Å². The number of benzene rings is 1. The topological polar surface area (TPSA) is 55.8 Å². The van der Waals surface area contributed by atoms with E-state index >= 15 is 0 Å². The first kappa shape index (κ1) is 19.7. The molecule has 0 spiro atoms. The number of carbonyl (C=O) groups excluding carboxylic acids is 1. The third kappa shape index (κ3) is 3.96. The summed E-state index contributed by atoms with van der Waals surface area (Å²) in [7, 11) is -0.541. The second-order valence-corrected chi connectivity index (χ2v) is 12.4. The van der Waals surface area contributed by atoms with E-state index in [2.05, 4.69) is 41.5 Å². The highest BCUT2D eigenvalue weighted by Crippen LogP contribution is 2.43. The molecule has 0 saturated carbocycles. The van der Waals surface area contributed by atoms with E-state index in [4.69, 9.17) is 9.16 Å². The molecule has 1 N–H and O–H groups in total. The van der Waals surface area contributed by atoms with Crippen LogP contribution < -0.4 is 4.74 Å². The fourth-order valence-corrected chi connectivity index (χ4v) is 9.20. The van der Waals surface area contributed by atoms with Gasteiger partial charge in [-0.25, -0.2) is 0 Å². The van der Waals surface area contributed by atoms with Crippen LogP contribution in [-0.2, 0) is 11.0 Å². The lowest BCUT2D eigenvalue weighted by Gasteiger charge is -2.42. The van der Waals surface area contributed by atoms with Crippen LogP contribution in [0.4, 0.5) is 0 Å². The number of aldehydes is 1. The summed E-state index contributed by atoms with van der Waals surface area (Å²) in [6, 6.07) is 3.04. The summed E-state index contributed by atoms with van der Waals surface area (Å²) in [5.74, 6) is 0.460. The fraction of sp³-hybridized carbons (Fsp3) is 0.611. The Morgan fingerprint density at radius 1 is 1.09 bits per heavy atom. The molecular weight excluding hydrogens is 308 g/mol. The zero-order valence-electron chi connectivity index (χ0n) is 15.3. The minimum Gasteiger partial charge on any atom is -0.508 e. The average Bonchev–Trinajstić information content (AvgIpc) is 2.45. The maximum atomic E-state index is 11.4. The molecule has 1 aromatic carbocycles.